The lowest BCUT2D eigenvalue weighted by Crippen LogP contribution is -2.43. The predicted octanol–water partition coefficient (Wildman–Crippen LogP) is 1.78. The normalized spacial score (nSPS) is 28.1. The number of aliphatic hydroxyl groups is 1. The molecular weight excluding hydrogens is 344 g/mol. The zero-order valence-electron chi connectivity index (χ0n) is 16.1. The number of β-amino-alcohol motifs (C(OH)–C–C–N with tert-alkyl or cyclic N) is 1. The Morgan fingerprint density at radius 3 is 2.78 bits per heavy atom. The second-order valence-electron chi connectivity index (χ2n) is 8.65. The molecule has 3 saturated heterocycles. The Hall–Kier alpha value is -1.63. The maximum Gasteiger partial charge on any atom is 0.257 e. The van der Waals surface area contributed by atoms with E-state index in [1.54, 1.807) is 12.1 Å². The summed E-state index contributed by atoms with van der Waals surface area (Å²) in [7, 11) is 0. The first-order chi connectivity index (χ1) is 12.9. The van der Waals surface area contributed by atoms with Crippen molar-refractivity contribution >= 4 is 5.91 Å². The lowest BCUT2D eigenvalue weighted by molar-refractivity contribution is 0.0449. The van der Waals surface area contributed by atoms with E-state index in [4.69, 9.17) is 4.74 Å². The monoisotopic (exact) mass is 374 g/mol. The van der Waals surface area contributed by atoms with E-state index < -0.39 is 0 Å². The number of aliphatic hydroxyl groups excluding tert-OH is 1. The second kappa shape index (κ2) is 7.41. The van der Waals surface area contributed by atoms with Crippen LogP contribution in [0.5, 0.6) is 5.75 Å². The lowest BCUT2D eigenvalue weighted by atomic mass is 9.76. The SMILES string of the molecule is Cc1ccc(O)c(C(=O)N2CCC3(CC2)CO[C@H](CN2CC[C@@H](O)C2)C3)c1. The Bertz CT molecular complexity index is 699. The number of hydrogen-bond acceptors (Lipinski definition) is 5. The Kier molecular flexibility index (Phi) is 5.14. The molecule has 3 aliphatic rings. The van der Waals surface area contributed by atoms with Gasteiger partial charge in [-0.3, -0.25) is 9.69 Å². The van der Waals surface area contributed by atoms with E-state index in [2.05, 4.69) is 4.90 Å². The van der Waals surface area contributed by atoms with Gasteiger partial charge in [-0.25, -0.2) is 0 Å². The molecule has 0 radical (unpaired) electrons. The minimum absolute atomic E-state index is 0.0583. The minimum atomic E-state index is -0.187. The van der Waals surface area contributed by atoms with Crippen molar-refractivity contribution < 1.29 is 19.7 Å². The number of ether oxygens (including phenoxy) is 1. The Morgan fingerprint density at radius 2 is 2.07 bits per heavy atom. The fraction of sp³-hybridized carbons (Fsp3) is 0.667. The van der Waals surface area contributed by atoms with Crippen LogP contribution in [0.15, 0.2) is 18.2 Å². The summed E-state index contributed by atoms with van der Waals surface area (Å²) in [5.41, 5.74) is 1.55. The van der Waals surface area contributed by atoms with E-state index in [0.717, 1.165) is 57.5 Å². The van der Waals surface area contributed by atoms with Crippen LogP contribution < -0.4 is 0 Å². The number of piperidine rings is 1. The standard InChI is InChI=1S/C21H30N2O4/c1-15-2-3-19(25)18(10-15)20(26)23-8-5-21(6-9-23)11-17(27-14-21)13-22-7-4-16(24)12-22/h2-3,10,16-17,24-25H,4-9,11-14H2,1H3/t16-,17+/m1/s1. The molecule has 1 spiro atoms. The van der Waals surface area contributed by atoms with E-state index in [0.29, 0.717) is 18.7 Å². The lowest BCUT2D eigenvalue weighted by Gasteiger charge is -2.38. The Morgan fingerprint density at radius 1 is 1.30 bits per heavy atom. The second-order valence-corrected chi connectivity index (χ2v) is 8.65. The van der Waals surface area contributed by atoms with Crippen LogP contribution in [0.2, 0.25) is 0 Å². The zero-order valence-corrected chi connectivity index (χ0v) is 16.1. The van der Waals surface area contributed by atoms with E-state index in [9.17, 15) is 15.0 Å². The van der Waals surface area contributed by atoms with Gasteiger partial charge in [0.05, 0.1) is 24.4 Å². The van der Waals surface area contributed by atoms with Crippen molar-refractivity contribution in [1.29, 1.82) is 0 Å². The molecule has 0 aliphatic carbocycles. The number of rotatable bonds is 3. The summed E-state index contributed by atoms with van der Waals surface area (Å²) >= 11 is 0. The molecule has 2 N–H and O–H groups in total. The molecule has 6 heteroatoms. The minimum Gasteiger partial charge on any atom is -0.507 e. The van der Waals surface area contributed by atoms with Gasteiger partial charge in [-0.2, -0.15) is 0 Å². The fourth-order valence-electron chi connectivity index (χ4n) is 4.80. The highest BCUT2D eigenvalue weighted by Gasteiger charge is 2.44. The van der Waals surface area contributed by atoms with E-state index in [-0.39, 0.29) is 29.3 Å². The topological polar surface area (TPSA) is 73.2 Å². The van der Waals surface area contributed by atoms with Gasteiger partial charge in [-0.1, -0.05) is 11.6 Å². The maximum absolute atomic E-state index is 12.8. The summed E-state index contributed by atoms with van der Waals surface area (Å²) in [6.45, 7) is 6.74. The third kappa shape index (κ3) is 3.98. The number of nitrogens with zero attached hydrogens (tertiary/aromatic N) is 2. The molecular formula is C21H30N2O4. The van der Waals surface area contributed by atoms with Crippen molar-refractivity contribution in [1.82, 2.24) is 9.80 Å². The van der Waals surface area contributed by atoms with Gasteiger partial charge < -0.3 is 19.8 Å². The summed E-state index contributed by atoms with van der Waals surface area (Å²) < 4.78 is 6.09. The van der Waals surface area contributed by atoms with Gasteiger partial charge in [0.15, 0.2) is 0 Å². The molecule has 4 rings (SSSR count). The number of likely N-dealkylation sites (tertiary alicyclic amines) is 2. The molecule has 6 nitrogen and oxygen atoms in total. The highest BCUT2D eigenvalue weighted by atomic mass is 16.5. The molecule has 0 unspecified atom stereocenters. The summed E-state index contributed by atoms with van der Waals surface area (Å²) in [6.07, 6.45) is 3.85. The Labute approximate surface area is 160 Å². The summed E-state index contributed by atoms with van der Waals surface area (Å²) in [5, 5.41) is 19.7. The van der Waals surface area contributed by atoms with Crippen LogP contribution in [0.4, 0.5) is 0 Å². The number of carbonyl (C=O) groups excluding carboxylic acids is 1. The number of amides is 1. The first-order valence-corrected chi connectivity index (χ1v) is 10.1. The fourth-order valence-corrected chi connectivity index (χ4v) is 4.80. The zero-order chi connectivity index (χ0) is 19.0. The van der Waals surface area contributed by atoms with Gasteiger partial charge in [0.1, 0.15) is 5.75 Å². The first-order valence-electron chi connectivity index (χ1n) is 10.1. The number of hydrogen-bond donors (Lipinski definition) is 2. The number of phenols is 1. The molecule has 3 fully saturated rings. The van der Waals surface area contributed by atoms with Crippen LogP contribution in [-0.2, 0) is 4.74 Å². The number of aryl methyl sites for hydroxylation is 1. The number of phenolic OH excluding ortho intramolecular Hbond substituents is 1. The average molecular weight is 374 g/mol. The van der Waals surface area contributed by atoms with Gasteiger partial charge in [0, 0.05) is 32.7 Å². The van der Waals surface area contributed by atoms with Crippen molar-refractivity contribution in [2.75, 3.05) is 39.3 Å². The molecule has 3 heterocycles. The highest BCUT2D eigenvalue weighted by molar-refractivity contribution is 5.97. The van der Waals surface area contributed by atoms with Crippen molar-refractivity contribution in [3.63, 3.8) is 0 Å². The molecule has 1 aromatic rings. The van der Waals surface area contributed by atoms with E-state index in [1.807, 2.05) is 17.9 Å². The quantitative estimate of drug-likeness (QED) is 0.844. The molecule has 0 saturated carbocycles. The molecule has 0 bridgehead atoms. The summed E-state index contributed by atoms with van der Waals surface area (Å²) in [5.74, 6) is -0.0180. The van der Waals surface area contributed by atoms with Crippen LogP contribution >= 0.6 is 0 Å². The molecule has 148 valence electrons. The summed E-state index contributed by atoms with van der Waals surface area (Å²) in [6, 6.07) is 5.17. The number of aromatic hydroxyl groups is 1. The van der Waals surface area contributed by atoms with Crippen LogP contribution in [0.25, 0.3) is 0 Å². The van der Waals surface area contributed by atoms with Crippen molar-refractivity contribution in [2.45, 2.75) is 44.8 Å². The molecule has 1 amide bonds. The van der Waals surface area contributed by atoms with Crippen molar-refractivity contribution in [3.05, 3.63) is 29.3 Å². The largest absolute Gasteiger partial charge is 0.507 e. The summed E-state index contributed by atoms with van der Waals surface area (Å²) in [4.78, 5) is 17.0. The van der Waals surface area contributed by atoms with Crippen LogP contribution in [-0.4, -0.2) is 77.5 Å². The predicted molar refractivity (Wildman–Crippen MR) is 102 cm³/mol. The number of benzene rings is 1. The van der Waals surface area contributed by atoms with Crippen molar-refractivity contribution in [2.24, 2.45) is 5.41 Å². The molecule has 0 aromatic heterocycles. The van der Waals surface area contributed by atoms with Gasteiger partial charge in [0.2, 0.25) is 0 Å². The van der Waals surface area contributed by atoms with E-state index >= 15 is 0 Å². The third-order valence-electron chi connectivity index (χ3n) is 6.49. The van der Waals surface area contributed by atoms with Gasteiger partial charge in [0.25, 0.3) is 5.91 Å². The Balaban J connectivity index is 1.32. The molecule has 3 aliphatic heterocycles. The third-order valence-corrected chi connectivity index (χ3v) is 6.49. The van der Waals surface area contributed by atoms with Crippen LogP contribution in [0.3, 0.4) is 0 Å². The molecule has 2 atom stereocenters. The van der Waals surface area contributed by atoms with E-state index in [1.165, 1.54) is 0 Å². The van der Waals surface area contributed by atoms with Gasteiger partial charge >= 0.3 is 0 Å². The van der Waals surface area contributed by atoms with Crippen LogP contribution in [0, 0.1) is 12.3 Å². The smallest absolute Gasteiger partial charge is 0.257 e. The number of carbonyl (C=O) groups is 1. The molecule has 27 heavy (non-hydrogen) atoms. The van der Waals surface area contributed by atoms with Crippen LogP contribution in [0.1, 0.15) is 41.6 Å². The molecule has 1 aromatic carbocycles. The maximum atomic E-state index is 12.8. The highest BCUT2D eigenvalue weighted by Crippen LogP contribution is 2.42. The van der Waals surface area contributed by atoms with Gasteiger partial charge in [-0.15, -0.1) is 0 Å². The van der Waals surface area contributed by atoms with Crippen molar-refractivity contribution in [3.8, 4) is 5.75 Å². The first kappa shape index (κ1) is 18.7. The van der Waals surface area contributed by atoms with Gasteiger partial charge in [-0.05, 0) is 50.2 Å². The average Bonchev–Trinajstić information content (AvgIpc) is 3.24.